The fourth-order valence-corrected chi connectivity index (χ4v) is 3.02. The average Bonchev–Trinajstić information content (AvgIpc) is 2.91. The third-order valence-corrected chi connectivity index (χ3v) is 3.95. The van der Waals surface area contributed by atoms with Crippen LogP contribution in [0.25, 0.3) is 10.9 Å². The number of benzene rings is 1. The number of nitrogens with one attached hydrogen (secondary N) is 1. The number of hydrogen-bond donors (Lipinski definition) is 1. The smallest absolute Gasteiger partial charge is 0.410 e. The maximum absolute atomic E-state index is 12.4. The maximum atomic E-state index is 12.4. The topological polar surface area (TPSA) is 71.6 Å². The number of aromatic amines is 1. The maximum Gasteiger partial charge on any atom is 0.410 e. The zero-order valence-corrected chi connectivity index (χ0v) is 12.6. The predicted molar refractivity (Wildman–Crippen MR) is 80.5 cm³/mol. The van der Waals surface area contributed by atoms with Crippen molar-refractivity contribution in [2.45, 2.75) is 19.4 Å². The van der Waals surface area contributed by atoms with E-state index in [2.05, 4.69) is 4.98 Å². The molecular weight excluding hydrogens is 284 g/mol. The molecule has 0 saturated carbocycles. The molecule has 2 heterocycles. The Labute approximate surface area is 128 Å². The van der Waals surface area contributed by atoms with Gasteiger partial charge >= 0.3 is 12.1 Å². The van der Waals surface area contributed by atoms with Crippen LogP contribution in [0.5, 0.6) is 0 Å². The van der Waals surface area contributed by atoms with E-state index in [4.69, 9.17) is 9.47 Å². The fraction of sp³-hybridized carbons (Fsp3) is 0.375. The van der Waals surface area contributed by atoms with Gasteiger partial charge in [0.15, 0.2) is 6.04 Å². The van der Waals surface area contributed by atoms with Crippen LogP contribution in [0.1, 0.15) is 24.2 Å². The number of hydrogen-bond acceptors (Lipinski definition) is 4. The minimum Gasteiger partial charge on any atom is -0.464 e. The SMILES string of the molecule is CCOC(=O)C1c2[nH]c3ccccc3c2CCN1C(=O)OC. The molecular formula is C16H18N2O4. The van der Waals surface area contributed by atoms with Crippen molar-refractivity contribution < 1.29 is 19.1 Å². The number of carbonyl (C=O) groups is 2. The summed E-state index contributed by atoms with van der Waals surface area (Å²) < 4.78 is 9.95. The number of esters is 1. The van der Waals surface area contributed by atoms with Gasteiger partial charge in [0.05, 0.1) is 19.4 Å². The molecule has 1 aliphatic rings. The molecule has 1 aromatic carbocycles. The number of ether oxygens (including phenoxy) is 2. The van der Waals surface area contributed by atoms with Gasteiger partial charge in [-0.15, -0.1) is 0 Å². The normalized spacial score (nSPS) is 17.2. The van der Waals surface area contributed by atoms with Gasteiger partial charge in [0.1, 0.15) is 0 Å². The van der Waals surface area contributed by atoms with Gasteiger partial charge in [0, 0.05) is 17.4 Å². The summed E-state index contributed by atoms with van der Waals surface area (Å²) in [4.78, 5) is 29.0. The van der Waals surface area contributed by atoms with E-state index in [1.54, 1.807) is 6.92 Å². The molecule has 1 amide bonds. The standard InChI is InChI=1S/C16H18N2O4/c1-3-22-15(19)14-13-11(8-9-18(14)16(20)21-2)10-6-4-5-7-12(10)17-13/h4-7,14,17H,3,8-9H2,1-2H3. The number of amides is 1. The van der Waals surface area contributed by atoms with Crippen LogP contribution in [-0.2, 0) is 20.7 Å². The van der Waals surface area contributed by atoms with Crippen LogP contribution < -0.4 is 0 Å². The van der Waals surface area contributed by atoms with Crippen molar-refractivity contribution in [2.75, 3.05) is 20.3 Å². The van der Waals surface area contributed by atoms with Crippen LogP contribution >= 0.6 is 0 Å². The molecule has 0 spiro atoms. The Bertz CT molecular complexity index is 722. The van der Waals surface area contributed by atoms with Crippen molar-refractivity contribution in [3.8, 4) is 0 Å². The minimum absolute atomic E-state index is 0.264. The molecule has 0 saturated heterocycles. The van der Waals surface area contributed by atoms with Crippen LogP contribution in [0.2, 0.25) is 0 Å². The first-order chi connectivity index (χ1) is 10.7. The van der Waals surface area contributed by atoms with Crippen LogP contribution in [0.15, 0.2) is 24.3 Å². The first-order valence-corrected chi connectivity index (χ1v) is 7.28. The van der Waals surface area contributed by atoms with Crippen molar-refractivity contribution in [1.82, 2.24) is 9.88 Å². The number of nitrogens with zero attached hydrogens (tertiary/aromatic N) is 1. The van der Waals surface area contributed by atoms with Crippen molar-refractivity contribution >= 4 is 23.0 Å². The summed E-state index contributed by atoms with van der Waals surface area (Å²) in [7, 11) is 1.31. The lowest BCUT2D eigenvalue weighted by Crippen LogP contribution is -2.44. The molecule has 2 aromatic rings. The van der Waals surface area contributed by atoms with Gasteiger partial charge in [-0.1, -0.05) is 18.2 Å². The van der Waals surface area contributed by atoms with Crippen LogP contribution in [-0.4, -0.2) is 42.2 Å². The van der Waals surface area contributed by atoms with Gasteiger partial charge in [-0.3, -0.25) is 4.90 Å². The highest BCUT2D eigenvalue weighted by atomic mass is 16.6. The van der Waals surface area contributed by atoms with E-state index < -0.39 is 18.1 Å². The lowest BCUT2D eigenvalue weighted by molar-refractivity contribution is -0.149. The summed E-state index contributed by atoms with van der Waals surface area (Å²) in [6.07, 6.45) is 0.145. The molecule has 1 atom stereocenters. The lowest BCUT2D eigenvalue weighted by atomic mass is 9.97. The zero-order chi connectivity index (χ0) is 15.7. The Hall–Kier alpha value is -2.50. The Morgan fingerprint density at radius 3 is 2.86 bits per heavy atom. The quantitative estimate of drug-likeness (QED) is 0.865. The van der Waals surface area contributed by atoms with Crippen LogP contribution in [0.4, 0.5) is 4.79 Å². The molecule has 6 nitrogen and oxygen atoms in total. The monoisotopic (exact) mass is 302 g/mol. The van der Waals surface area contributed by atoms with E-state index in [0.29, 0.717) is 13.0 Å². The molecule has 0 bridgehead atoms. The number of rotatable bonds is 2. The highest BCUT2D eigenvalue weighted by Crippen LogP contribution is 2.35. The molecule has 6 heteroatoms. The van der Waals surface area contributed by atoms with E-state index in [-0.39, 0.29) is 6.61 Å². The van der Waals surface area contributed by atoms with E-state index in [1.807, 2.05) is 24.3 Å². The first-order valence-electron chi connectivity index (χ1n) is 7.28. The second-order valence-corrected chi connectivity index (χ2v) is 5.13. The highest BCUT2D eigenvalue weighted by Gasteiger charge is 2.39. The molecule has 1 aliphatic heterocycles. The average molecular weight is 302 g/mol. The van der Waals surface area contributed by atoms with Crippen LogP contribution in [0, 0.1) is 0 Å². The zero-order valence-electron chi connectivity index (χ0n) is 12.6. The summed E-state index contributed by atoms with van der Waals surface area (Å²) in [5.74, 6) is -0.444. The first kappa shape index (κ1) is 14.4. The van der Waals surface area contributed by atoms with Gasteiger partial charge in [0.25, 0.3) is 0 Å². The summed E-state index contributed by atoms with van der Waals surface area (Å²) in [6, 6.07) is 7.08. The Morgan fingerprint density at radius 2 is 2.14 bits per heavy atom. The van der Waals surface area contributed by atoms with Crippen molar-refractivity contribution in [3.63, 3.8) is 0 Å². The number of methoxy groups -OCH3 is 1. The van der Waals surface area contributed by atoms with Crippen molar-refractivity contribution in [2.24, 2.45) is 0 Å². The molecule has 1 aromatic heterocycles. The number of H-pyrrole nitrogens is 1. The van der Waals surface area contributed by atoms with Crippen molar-refractivity contribution in [3.05, 3.63) is 35.5 Å². The molecule has 0 aliphatic carbocycles. The molecule has 0 fully saturated rings. The third kappa shape index (κ3) is 2.20. The molecule has 1 unspecified atom stereocenters. The third-order valence-electron chi connectivity index (χ3n) is 3.95. The molecule has 116 valence electrons. The largest absolute Gasteiger partial charge is 0.464 e. The minimum atomic E-state index is -0.788. The second-order valence-electron chi connectivity index (χ2n) is 5.13. The number of aromatic nitrogens is 1. The molecule has 22 heavy (non-hydrogen) atoms. The van der Waals surface area contributed by atoms with E-state index in [0.717, 1.165) is 22.2 Å². The summed E-state index contributed by atoms with van der Waals surface area (Å²) in [5.41, 5.74) is 2.73. The van der Waals surface area contributed by atoms with E-state index in [9.17, 15) is 9.59 Å². The number of carbonyl (C=O) groups excluding carboxylic acids is 2. The van der Waals surface area contributed by atoms with Gasteiger partial charge in [-0.2, -0.15) is 0 Å². The predicted octanol–water partition coefficient (Wildman–Crippen LogP) is 2.40. The fourth-order valence-electron chi connectivity index (χ4n) is 3.02. The van der Waals surface area contributed by atoms with Crippen molar-refractivity contribution in [1.29, 1.82) is 0 Å². The second kappa shape index (κ2) is 5.71. The molecule has 1 N–H and O–H groups in total. The van der Waals surface area contributed by atoms with Gasteiger partial charge in [-0.25, -0.2) is 9.59 Å². The number of fused-ring (bicyclic) bond motifs is 3. The summed E-state index contributed by atoms with van der Waals surface area (Å²) in [6.45, 7) is 2.43. The lowest BCUT2D eigenvalue weighted by Gasteiger charge is -2.32. The highest BCUT2D eigenvalue weighted by molar-refractivity contribution is 5.90. The van der Waals surface area contributed by atoms with E-state index >= 15 is 0 Å². The Kier molecular flexibility index (Phi) is 3.75. The van der Waals surface area contributed by atoms with E-state index in [1.165, 1.54) is 12.0 Å². The van der Waals surface area contributed by atoms with Gasteiger partial charge in [-0.05, 0) is 25.0 Å². The van der Waals surface area contributed by atoms with Crippen LogP contribution in [0.3, 0.4) is 0 Å². The summed E-state index contributed by atoms with van der Waals surface area (Å²) >= 11 is 0. The van der Waals surface area contributed by atoms with Gasteiger partial charge in [0.2, 0.25) is 0 Å². The molecule has 3 rings (SSSR count). The van der Waals surface area contributed by atoms with Gasteiger partial charge < -0.3 is 14.5 Å². The Morgan fingerprint density at radius 1 is 1.36 bits per heavy atom. The molecule has 0 radical (unpaired) electrons. The summed E-state index contributed by atoms with van der Waals surface area (Å²) in [5, 5.41) is 1.08. The Balaban J connectivity index is 2.11. The number of para-hydroxylation sites is 1.